The molecule has 0 fully saturated rings. The van der Waals surface area contributed by atoms with E-state index in [-0.39, 0.29) is 5.54 Å². The number of benzene rings is 1. The van der Waals surface area contributed by atoms with Gasteiger partial charge in [0, 0.05) is 4.43 Å². The number of alkyl carbamates (subject to hydrolysis) is 1. The number of carbonyl (C=O) groups excluding carboxylic acids is 1. The second-order valence-corrected chi connectivity index (χ2v) is 4.21. The zero-order valence-electron chi connectivity index (χ0n) is 8.79. The van der Waals surface area contributed by atoms with Crippen LogP contribution in [0.4, 0.5) is 4.79 Å². The number of amides is 1. The molecule has 1 aromatic carbocycles. The highest BCUT2D eigenvalue weighted by molar-refractivity contribution is 14.1. The van der Waals surface area contributed by atoms with Gasteiger partial charge in [0.05, 0.1) is 12.6 Å². The smallest absolute Gasteiger partial charge is 0.407 e. The molecule has 4 heteroatoms. The lowest BCUT2D eigenvalue weighted by molar-refractivity contribution is 0.160. The Morgan fingerprint density at radius 1 is 1.47 bits per heavy atom. The third-order valence-corrected chi connectivity index (χ3v) is 3.77. The van der Waals surface area contributed by atoms with Crippen LogP contribution in [0, 0.1) is 0 Å². The highest BCUT2D eigenvalue weighted by atomic mass is 127. The van der Waals surface area contributed by atoms with Crippen molar-refractivity contribution in [2.45, 2.75) is 12.5 Å². The van der Waals surface area contributed by atoms with Crippen molar-refractivity contribution < 1.29 is 9.53 Å². The van der Waals surface area contributed by atoms with E-state index in [9.17, 15) is 4.79 Å². The second-order valence-electron chi connectivity index (χ2n) is 3.45. The van der Waals surface area contributed by atoms with Crippen molar-refractivity contribution in [2.24, 2.45) is 0 Å². The maximum Gasteiger partial charge on any atom is 0.407 e. The molecular formula is C11H14INO2. The van der Waals surface area contributed by atoms with E-state index in [1.165, 1.54) is 7.11 Å². The Labute approximate surface area is 103 Å². The van der Waals surface area contributed by atoms with Gasteiger partial charge in [0.15, 0.2) is 0 Å². The van der Waals surface area contributed by atoms with E-state index in [1.807, 2.05) is 37.3 Å². The highest BCUT2D eigenvalue weighted by Crippen LogP contribution is 2.23. The Bertz CT molecular complexity index is 329. The van der Waals surface area contributed by atoms with E-state index in [4.69, 9.17) is 0 Å². The molecule has 1 N–H and O–H groups in total. The van der Waals surface area contributed by atoms with Gasteiger partial charge in [0.25, 0.3) is 0 Å². The summed E-state index contributed by atoms with van der Waals surface area (Å²) >= 11 is 2.25. The second kappa shape index (κ2) is 5.34. The monoisotopic (exact) mass is 319 g/mol. The third-order valence-electron chi connectivity index (χ3n) is 2.24. The summed E-state index contributed by atoms with van der Waals surface area (Å²) in [5.74, 6) is 0. The summed E-state index contributed by atoms with van der Waals surface area (Å²) in [6.07, 6.45) is -0.405. The molecule has 1 aromatic rings. The number of hydrogen-bond acceptors (Lipinski definition) is 2. The van der Waals surface area contributed by atoms with E-state index in [1.54, 1.807) is 0 Å². The maximum absolute atomic E-state index is 11.2. The van der Waals surface area contributed by atoms with Gasteiger partial charge >= 0.3 is 6.09 Å². The lowest BCUT2D eigenvalue weighted by atomic mass is 9.95. The lowest BCUT2D eigenvalue weighted by Gasteiger charge is -2.28. The molecular weight excluding hydrogens is 305 g/mol. The van der Waals surface area contributed by atoms with Crippen LogP contribution in [0.1, 0.15) is 12.5 Å². The predicted molar refractivity (Wildman–Crippen MR) is 68.2 cm³/mol. The summed E-state index contributed by atoms with van der Waals surface area (Å²) in [7, 11) is 1.37. The highest BCUT2D eigenvalue weighted by Gasteiger charge is 2.27. The van der Waals surface area contributed by atoms with Gasteiger partial charge in [-0.3, -0.25) is 0 Å². The minimum atomic E-state index is -0.405. The van der Waals surface area contributed by atoms with Gasteiger partial charge in [-0.05, 0) is 12.5 Å². The molecule has 0 aliphatic heterocycles. The van der Waals surface area contributed by atoms with Gasteiger partial charge in [-0.25, -0.2) is 4.79 Å². The van der Waals surface area contributed by atoms with Crippen LogP contribution in [-0.2, 0) is 10.3 Å². The molecule has 0 saturated heterocycles. The summed E-state index contributed by atoms with van der Waals surface area (Å²) in [4.78, 5) is 11.2. The third kappa shape index (κ3) is 3.09. The number of carbonyl (C=O) groups is 1. The summed E-state index contributed by atoms with van der Waals surface area (Å²) < 4.78 is 5.40. The number of nitrogens with one attached hydrogen (secondary N) is 1. The van der Waals surface area contributed by atoms with Gasteiger partial charge in [0.1, 0.15) is 0 Å². The van der Waals surface area contributed by atoms with Gasteiger partial charge in [-0.15, -0.1) is 0 Å². The first kappa shape index (κ1) is 12.3. The van der Waals surface area contributed by atoms with E-state index in [0.717, 1.165) is 9.99 Å². The van der Waals surface area contributed by atoms with E-state index < -0.39 is 6.09 Å². The van der Waals surface area contributed by atoms with Gasteiger partial charge in [-0.1, -0.05) is 52.9 Å². The quantitative estimate of drug-likeness (QED) is 0.687. The fourth-order valence-corrected chi connectivity index (χ4v) is 1.90. The van der Waals surface area contributed by atoms with Crippen molar-refractivity contribution >= 4 is 28.7 Å². The molecule has 82 valence electrons. The average Bonchev–Trinajstić information content (AvgIpc) is 2.30. The van der Waals surface area contributed by atoms with Gasteiger partial charge < -0.3 is 10.1 Å². The number of halogens is 1. The van der Waals surface area contributed by atoms with Crippen LogP contribution < -0.4 is 5.32 Å². The van der Waals surface area contributed by atoms with Crippen LogP contribution in [0.5, 0.6) is 0 Å². The zero-order valence-corrected chi connectivity index (χ0v) is 10.9. The summed E-state index contributed by atoms with van der Waals surface area (Å²) in [6, 6.07) is 9.86. The number of alkyl halides is 1. The first-order valence-corrected chi connectivity index (χ1v) is 6.12. The van der Waals surface area contributed by atoms with Crippen molar-refractivity contribution in [3.63, 3.8) is 0 Å². The van der Waals surface area contributed by atoms with Crippen LogP contribution >= 0.6 is 22.6 Å². The lowest BCUT2D eigenvalue weighted by Crippen LogP contribution is -2.44. The molecule has 0 aliphatic rings. The Hall–Kier alpha value is -0.780. The Balaban J connectivity index is 2.90. The molecule has 0 spiro atoms. The molecule has 15 heavy (non-hydrogen) atoms. The molecule has 0 heterocycles. The van der Waals surface area contributed by atoms with Crippen molar-refractivity contribution in [3.8, 4) is 0 Å². The number of methoxy groups -OCH3 is 1. The summed E-state index contributed by atoms with van der Waals surface area (Å²) in [5, 5.41) is 2.84. The van der Waals surface area contributed by atoms with Gasteiger partial charge in [-0.2, -0.15) is 0 Å². The van der Waals surface area contributed by atoms with Crippen LogP contribution in [0.2, 0.25) is 0 Å². The molecule has 1 atom stereocenters. The van der Waals surface area contributed by atoms with Crippen LogP contribution in [0.15, 0.2) is 30.3 Å². The minimum Gasteiger partial charge on any atom is -0.453 e. The molecule has 0 bridgehead atoms. The topological polar surface area (TPSA) is 38.3 Å². The molecule has 0 aromatic heterocycles. The first-order chi connectivity index (χ1) is 7.12. The fraction of sp³-hybridized carbons (Fsp3) is 0.364. The SMILES string of the molecule is COC(=O)NC(C)(CI)c1ccccc1. The van der Waals surface area contributed by atoms with Crippen molar-refractivity contribution in [3.05, 3.63) is 35.9 Å². The Morgan fingerprint density at radius 3 is 2.53 bits per heavy atom. The average molecular weight is 319 g/mol. The maximum atomic E-state index is 11.2. The number of hydrogen-bond donors (Lipinski definition) is 1. The van der Waals surface area contributed by atoms with Crippen molar-refractivity contribution in [1.82, 2.24) is 5.32 Å². The first-order valence-electron chi connectivity index (χ1n) is 4.60. The fourth-order valence-electron chi connectivity index (χ4n) is 1.27. The number of ether oxygens (including phenoxy) is 1. The molecule has 1 rings (SSSR count). The number of rotatable bonds is 3. The molecule has 1 unspecified atom stereocenters. The minimum absolute atomic E-state index is 0.380. The van der Waals surface area contributed by atoms with Crippen LogP contribution in [0.3, 0.4) is 0 Å². The van der Waals surface area contributed by atoms with Crippen molar-refractivity contribution in [2.75, 3.05) is 11.5 Å². The van der Waals surface area contributed by atoms with E-state index in [2.05, 4.69) is 32.6 Å². The largest absolute Gasteiger partial charge is 0.453 e. The molecule has 3 nitrogen and oxygen atoms in total. The van der Waals surface area contributed by atoms with Crippen LogP contribution in [0.25, 0.3) is 0 Å². The van der Waals surface area contributed by atoms with E-state index in [0.29, 0.717) is 0 Å². The summed E-state index contributed by atoms with van der Waals surface area (Å²) in [6.45, 7) is 1.98. The Morgan fingerprint density at radius 2 is 2.07 bits per heavy atom. The molecule has 0 radical (unpaired) electrons. The van der Waals surface area contributed by atoms with E-state index >= 15 is 0 Å². The Kier molecular flexibility index (Phi) is 4.38. The zero-order chi connectivity index (χ0) is 11.3. The van der Waals surface area contributed by atoms with Gasteiger partial charge in [0.2, 0.25) is 0 Å². The molecule has 1 amide bonds. The predicted octanol–water partition coefficient (Wildman–Crippen LogP) is 2.69. The summed E-state index contributed by atoms with van der Waals surface area (Å²) in [5.41, 5.74) is 0.694. The molecule has 0 saturated carbocycles. The van der Waals surface area contributed by atoms with Crippen LogP contribution in [-0.4, -0.2) is 17.6 Å². The van der Waals surface area contributed by atoms with Crippen molar-refractivity contribution in [1.29, 1.82) is 0 Å². The standard InChI is InChI=1S/C11H14INO2/c1-11(8-12,13-10(14)15-2)9-6-4-3-5-7-9/h3-7H,8H2,1-2H3,(H,13,14). The normalized spacial score (nSPS) is 14.1. The molecule has 0 aliphatic carbocycles.